The third kappa shape index (κ3) is 4.19. The number of fused-ring (bicyclic) bond motifs is 1. The van der Waals surface area contributed by atoms with Crippen molar-refractivity contribution in [3.05, 3.63) is 35.5 Å². The van der Waals surface area contributed by atoms with E-state index in [1.54, 1.807) is 19.9 Å². The lowest BCUT2D eigenvalue weighted by atomic mass is 9.83. The summed E-state index contributed by atoms with van der Waals surface area (Å²) < 4.78 is 10.9. The van der Waals surface area contributed by atoms with E-state index in [1.807, 2.05) is 13.0 Å². The molecule has 1 aliphatic carbocycles. The monoisotopic (exact) mass is 350 g/mol. The highest BCUT2D eigenvalue weighted by atomic mass is 16.6. The van der Waals surface area contributed by atoms with Crippen molar-refractivity contribution in [3.63, 3.8) is 0 Å². The maximum Gasteiger partial charge on any atom is 0.334 e. The first-order valence-electron chi connectivity index (χ1n) is 8.51. The average Bonchev–Trinajstić information content (AvgIpc) is 2.82. The summed E-state index contributed by atoms with van der Waals surface area (Å²) in [7, 11) is 0. The first kappa shape index (κ1) is 19.4. The largest absolute Gasteiger partial charge is 0.458 e. The summed E-state index contributed by atoms with van der Waals surface area (Å²) in [4.78, 5) is 24.2. The van der Waals surface area contributed by atoms with E-state index < -0.39 is 42.1 Å². The van der Waals surface area contributed by atoms with E-state index in [4.69, 9.17) is 9.47 Å². The fourth-order valence-electron chi connectivity index (χ4n) is 3.07. The summed E-state index contributed by atoms with van der Waals surface area (Å²) in [6, 6.07) is 0. The molecular weight excluding hydrogens is 324 g/mol. The normalized spacial score (nSPS) is 30.3. The van der Waals surface area contributed by atoms with Crippen LogP contribution < -0.4 is 0 Å². The Balaban J connectivity index is 2.48. The van der Waals surface area contributed by atoms with Crippen molar-refractivity contribution in [2.75, 3.05) is 6.61 Å². The molecule has 1 saturated heterocycles. The van der Waals surface area contributed by atoms with Crippen LogP contribution in [0.2, 0.25) is 0 Å². The quantitative estimate of drug-likeness (QED) is 0.457. The average molecular weight is 350 g/mol. The summed E-state index contributed by atoms with van der Waals surface area (Å²) in [5.74, 6) is -2.16. The second kappa shape index (κ2) is 7.97. The van der Waals surface area contributed by atoms with E-state index in [2.05, 4.69) is 6.58 Å². The van der Waals surface area contributed by atoms with E-state index in [-0.39, 0.29) is 12.2 Å². The number of hydrogen-bond acceptors (Lipinski definition) is 6. The maximum atomic E-state index is 12.2. The van der Waals surface area contributed by atoms with Gasteiger partial charge in [-0.15, -0.1) is 0 Å². The second-order valence-corrected chi connectivity index (χ2v) is 6.91. The fourth-order valence-corrected chi connectivity index (χ4v) is 3.07. The highest BCUT2D eigenvalue weighted by Gasteiger charge is 2.47. The molecule has 1 aliphatic heterocycles. The zero-order valence-electron chi connectivity index (χ0n) is 14.9. The van der Waals surface area contributed by atoms with Crippen LogP contribution in [0.25, 0.3) is 0 Å². The SMILES string of the molecule is C=C1C(=O)OC2C=C(C)CCC=C(CO)C(O)C(OC(=O)C(C)C)C12. The van der Waals surface area contributed by atoms with E-state index in [0.717, 1.165) is 5.57 Å². The Bertz CT molecular complexity index is 615. The molecule has 2 rings (SSSR count). The van der Waals surface area contributed by atoms with Gasteiger partial charge in [0.25, 0.3) is 0 Å². The summed E-state index contributed by atoms with van der Waals surface area (Å²) in [5, 5.41) is 20.4. The Labute approximate surface area is 147 Å². The lowest BCUT2D eigenvalue weighted by Crippen LogP contribution is -2.44. The number of carbonyl (C=O) groups excluding carboxylic acids is 2. The van der Waals surface area contributed by atoms with Crippen molar-refractivity contribution < 1.29 is 29.3 Å². The topological polar surface area (TPSA) is 93.1 Å². The van der Waals surface area contributed by atoms with Crippen LogP contribution in [0.5, 0.6) is 0 Å². The van der Waals surface area contributed by atoms with Crippen LogP contribution in [0.15, 0.2) is 35.5 Å². The maximum absolute atomic E-state index is 12.2. The Kier molecular flexibility index (Phi) is 6.19. The molecule has 1 fully saturated rings. The number of carbonyl (C=O) groups is 2. The van der Waals surface area contributed by atoms with Crippen molar-refractivity contribution in [1.29, 1.82) is 0 Å². The number of ether oxygens (including phenoxy) is 2. The van der Waals surface area contributed by atoms with Crippen LogP contribution in [0, 0.1) is 11.8 Å². The van der Waals surface area contributed by atoms with Gasteiger partial charge in [0.2, 0.25) is 0 Å². The van der Waals surface area contributed by atoms with Gasteiger partial charge in [-0.3, -0.25) is 4.79 Å². The second-order valence-electron chi connectivity index (χ2n) is 6.91. The van der Waals surface area contributed by atoms with Gasteiger partial charge in [0.15, 0.2) is 0 Å². The summed E-state index contributed by atoms with van der Waals surface area (Å²) in [6.07, 6.45) is 1.95. The first-order chi connectivity index (χ1) is 11.8. The Morgan fingerprint density at radius 3 is 2.76 bits per heavy atom. The van der Waals surface area contributed by atoms with Crippen LogP contribution in [0.1, 0.15) is 33.6 Å². The van der Waals surface area contributed by atoms with Gasteiger partial charge in [-0.1, -0.05) is 32.1 Å². The smallest absolute Gasteiger partial charge is 0.334 e. The molecule has 2 N–H and O–H groups in total. The molecule has 0 aromatic rings. The predicted octanol–water partition coefficient (Wildman–Crippen LogP) is 1.67. The van der Waals surface area contributed by atoms with Gasteiger partial charge < -0.3 is 19.7 Å². The summed E-state index contributed by atoms with van der Waals surface area (Å²) >= 11 is 0. The Morgan fingerprint density at radius 2 is 2.16 bits per heavy atom. The van der Waals surface area contributed by atoms with Crippen molar-refractivity contribution in [1.82, 2.24) is 0 Å². The van der Waals surface area contributed by atoms with Gasteiger partial charge in [-0.2, -0.15) is 0 Å². The van der Waals surface area contributed by atoms with Crippen molar-refractivity contribution in [2.24, 2.45) is 11.8 Å². The zero-order chi connectivity index (χ0) is 18.7. The standard InChI is InChI=1S/C19H26O6/c1-10(2)18(22)25-17-15-12(4)19(23)24-14(15)8-11(3)6-5-7-13(9-20)16(17)21/h7-8,10,14-17,20-21H,4-6,9H2,1-3H3. The number of hydrogen-bond donors (Lipinski definition) is 2. The van der Waals surface area contributed by atoms with Gasteiger partial charge in [0, 0.05) is 5.57 Å². The summed E-state index contributed by atoms with van der Waals surface area (Å²) in [6.45, 7) is 8.70. The lowest BCUT2D eigenvalue weighted by Gasteiger charge is -2.32. The molecule has 0 saturated carbocycles. The molecule has 0 radical (unpaired) electrons. The van der Waals surface area contributed by atoms with E-state index in [9.17, 15) is 19.8 Å². The molecule has 4 unspecified atom stereocenters. The highest BCUT2D eigenvalue weighted by Crippen LogP contribution is 2.36. The molecule has 0 spiro atoms. The van der Waals surface area contributed by atoms with Crippen molar-refractivity contribution in [2.45, 2.75) is 51.9 Å². The fraction of sp³-hybridized carbons (Fsp3) is 0.579. The minimum atomic E-state index is -1.24. The zero-order valence-corrected chi connectivity index (χ0v) is 14.9. The highest BCUT2D eigenvalue weighted by molar-refractivity contribution is 5.91. The molecule has 0 aromatic heterocycles. The molecule has 25 heavy (non-hydrogen) atoms. The van der Waals surface area contributed by atoms with E-state index in [1.165, 1.54) is 0 Å². The van der Waals surface area contributed by atoms with Gasteiger partial charge in [0.1, 0.15) is 18.3 Å². The van der Waals surface area contributed by atoms with Gasteiger partial charge >= 0.3 is 11.9 Å². The third-order valence-corrected chi connectivity index (χ3v) is 4.61. The summed E-state index contributed by atoms with van der Waals surface area (Å²) in [5.41, 5.74) is 1.53. The van der Waals surface area contributed by atoms with E-state index in [0.29, 0.717) is 18.4 Å². The molecule has 0 aromatic carbocycles. The molecular formula is C19H26O6. The van der Waals surface area contributed by atoms with Crippen LogP contribution >= 0.6 is 0 Å². The first-order valence-corrected chi connectivity index (χ1v) is 8.51. The minimum Gasteiger partial charge on any atom is -0.458 e. The van der Waals surface area contributed by atoms with Gasteiger partial charge in [-0.25, -0.2) is 4.79 Å². The van der Waals surface area contributed by atoms with Gasteiger partial charge in [0.05, 0.1) is 18.4 Å². The molecule has 6 nitrogen and oxygen atoms in total. The van der Waals surface area contributed by atoms with Crippen LogP contribution in [-0.2, 0) is 19.1 Å². The van der Waals surface area contributed by atoms with Crippen molar-refractivity contribution >= 4 is 11.9 Å². The molecule has 0 bridgehead atoms. The van der Waals surface area contributed by atoms with Crippen LogP contribution in [0.3, 0.4) is 0 Å². The number of aliphatic hydroxyl groups is 2. The lowest BCUT2D eigenvalue weighted by molar-refractivity contribution is -0.162. The van der Waals surface area contributed by atoms with Crippen LogP contribution in [-0.4, -0.2) is 47.1 Å². The van der Waals surface area contributed by atoms with Crippen molar-refractivity contribution in [3.8, 4) is 0 Å². The molecule has 4 atom stereocenters. The van der Waals surface area contributed by atoms with Gasteiger partial charge in [-0.05, 0) is 31.4 Å². The molecule has 2 aliphatic rings. The molecule has 138 valence electrons. The predicted molar refractivity (Wildman–Crippen MR) is 91.4 cm³/mol. The minimum absolute atomic E-state index is 0.160. The Morgan fingerprint density at radius 1 is 1.48 bits per heavy atom. The van der Waals surface area contributed by atoms with Crippen LogP contribution in [0.4, 0.5) is 0 Å². The molecule has 6 heteroatoms. The number of rotatable bonds is 3. The Hall–Kier alpha value is -1.92. The third-order valence-electron chi connectivity index (χ3n) is 4.61. The number of esters is 2. The molecule has 1 heterocycles. The number of aliphatic hydroxyl groups excluding tert-OH is 2. The molecule has 0 amide bonds. The number of allylic oxidation sites excluding steroid dienone is 2. The van der Waals surface area contributed by atoms with E-state index >= 15 is 0 Å².